The van der Waals surface area contributed by atoms with Crippen LogP contribution in [0.15, 0.2) is 30.3 Å². The molecule has 0 saturated heterocycles. The fraction of sp³-hybridized carbons (Fsp3) is 0.250. The zero-order valence-corrected chi connectivity index (χ0v) is 16.3. The Morgan fingerprint density at radius 1 is 0.870 bits per heavy atom. The topological polar surface area (TPSA) is 63.2 Å². The Bertz CT molecular complexity index is 552. The monoisotopic (exact) mass is 459 g/mol. The van der Waals surface area contributed by atoms with Gasteiger partial charge in [-0.05, 0) is 11.6 Å². The highest BCUT2D eigenvalue weighted by atomic mass is 35.6. The van der Waals surface area contributed by atoms with Gasteiger partial charge in [0.25, 0.3) is 18.7 Å². The minimum absolute atomic E-state index is 0.198. The number of Topliss-reactive ketones (excluding diaryl/α,β-unsaturated/α-hetero) is 1. The van der Waals surface area contributed by atoms with Crippen molar-refractivity contribution < 1.29 is 14.4 Å². The van der Waals surface area contributed by atoms with E-state index in [0.717, 1.165) is 0 Å². The molecule has 1 rings (SSSR count). The van der Waals surface area contributed by atoms with Crippen LogP contribution in [0.4, 0.5) is 0 Å². The zero-order valence-electron chi connectivity index (χ0n) is 11.0. The minimum Gasteiger partial charge on any atom is -0.345 e. The van der Waals surface area contributed by atoms with Crippen molar-refractivity contribution in [3.05, 3.63) is 35.9 Å². The Hall–Kier alpha value is 0.0600. The third-order valence-corrected chi connectivity index (χ3v) is 3.59. The van der Waals surface area contributed by atoms with Crippen molar-refractivity contribution in [1.29, 1.82) is 0 Å². The van der Waals surface area contributed by atoms with Crippen molar-refractivity contribution in [2.24, 2.45) is 0 Å². The number of carbonyl (C=O) groups excluding carboxylic acids is 3. The fourth-order valence-electron chi connectivity index (χ4n) is 0.987. The van der Waals surface area contributed by atoms with Crippen molar-refractivity contribution in [3.63, 3.8) is 0 Å². The number of rotatable bonds is 3. The largest absolute Gasteiger partial charge is 0.345 e. The van der Waals surface area contributed by atoms with Crippen LogP contribution in [0.1, 0.15) is 10.4 Å². The number of halogens is 7. The smallest absolute Gasteiger partial charge is 0.273 e. The van der Waals surface area contributed by atoms with Crippen molar-refractivity contribution >= 4 is 98.1 Å². The first-order valence-electron chi connectivity index (χ1n) is 5.55. The minimum atomic E-state index is -2.04. The Balaban J connectivity index is 0.000000585. The lowest BCUT2D eigenvalue weighted by Gasteiger charge is -2.10. The standard InChI is InChI=1S/C10H8Cl3NO2.C2Cl4O/c11-10(12,13)9(16)14-6-8(15)7-4-2-1-3-5-7;3-1(7)2(4,5)6/h1-5H,6H2,(H,14,16);. The maximum Gasteiger partial charge on any atom is 0.273 e. The molecule has 0 spiro atoms. The number of carbonyl (C=O) groups is 3. The Kier molecular flexibility index (Phi) is 10.2. The van der Waals surface area contributed by atoms with Gasteiger partial charge in [-0.15, -0.1) is 0 Å². The van der Waals surface area contributed by atoms with Gasteiger partial charge in [0.2, 0.25) is 0 Å². The molecule has 0 aliphatic rings. The van der Waals surface area contributed by atoms with Gasteiger partial charge in [0, 0.05) is 5.56 Å². The van der Waals surface area contributed by atoms with Gasteiger partial charge in [-0.1, -0.05) is 99.9 Å². The van der Waals surface area contributed by atoms with E-state index < -0.39 is 18.7 Å². The summed E-state index contributed by atoms with van der Waals surface area (Å²) in [6.07, 6.45) is 0. The maximum absolute atomic E-state index is 11.5. The van der Waals surface area contributed by atoms with Crippen molar-refractivity contribution in [2.45, 2.75) is 7.59 Å². The summed E-state index contributed by atoms with van der Waals surface area (Å²) in [6, 6.07) is 8.53. The average molecular weight is 462 g/mol. The number of alkyl halides is 6. The van der Waals surface area contributed by atoms with Gasteiger partial charge in [0.1, 0.15) is 0 Å². The molecule has 0 heterocycles. The summed E-state index contributed by atoms with van der Waals surface area (Å²) >= 11 is 35.4. The third-order valence-electron chi connectivity index (χ3n) is 1.99. The molecule has 0 fully saturated rings. The van der Waals surface area contributed by atoms with E-state index in [1.165, 1.54) is 0 Å². The highest BCUT2D eigenvalue weighted by Crippen LogP contribution is 2.28. The van der Waals surface area contributed by atoms with E-state index >= 15 is 0 Å². The van der Waals surface area contributed by atoms with Crippen molar-refractivity contribution in [3.8, 4) is 0 Å². The Morgan fingerprint density at radius 2 is 1.30 bits per heavy atom. The van der Waals surface area contributed by atoms with Crippen molar-refractivity contribution in [1.82, 2.24) is 5.32 Å². The van der Waals surface area contributed by atoms with E-state index in [4.69, 9.17) is 81.2 Å². The number of nitrogens with one attached hydrogen (secondary N) is 1. The van der Waals surface area contributed by atoms with Crippen LogP contribution < -0.4 is 5.32 Å². The zero-order chi connectivity index (χ0) is 18.3. The number of benzene rings is 1. The van der Waals surface area contributed by atoms with E-state index in [9.17, 15) is 14.4 Å². The molecule has 0 bridgehead atoms. The summed E-state index contributed by atoms with van der Waals surface area (Å²) in [5.41, 5.74) is 0.493. The van der Waals surface area contributed by atoms with Crippen LogP contribution in [0, 0.1) is 0 Å². The van der Waals surface area contributed by atoms with Crippen LogP contribution in [0.2, 0.25) is 0 Å². The highest BCUT2D eigenvalue weighted by molar-refractivity contribution is 6.88. The third kappa shape index (κ3) is 10.5. The molecule has 1 aromatic carbocycles. The SMILES string of the molecule is O=C(CNC(=O)C(Cl)(Cl)Cl)c1ccccc1.O=C(Cl)C(Cl)(Cl)Cl. The fourth-order valence-corrected chi connectivity index (χ4v) is 1.19. The molecular weight excluding hydrogens is 454 g/mol. The molecule has 128 valence electrons. The molecule has 23 heavy (non-hydrogen) atoms. The van der Waals surface area contributed by atoms with Gasteiger partial charge in [0.15, 0.2) is 5.78 Å². The molecule has 0 aliphatic heterocycles. The van der Waals surface area contributed by atoms with Crippen LogP contribution in [-0.4, -0.2) is 31.1 Å². The summed E-state index contributed by atoms with van der Waals surface area (Å²) in [5, 5.41) is 1.25. The molecule has 0 atom stereocenters. The van der Waals surface area contributed by atoms with Gasteiger partial charge >= 0.3 is 0 Å². The maximum atomic E-state index is 11.5. The van der Waals surface area contributed by atoms with E-state index in [1.54, 1.807) is 30.3 Å². The Labute approximate surface area is 167 Å². The number of ketones is 1. The second-order valence-corrected chi connectivity index (χ2v) is 8.65. The molecule has 0 saturated carbocycles. The quantitative estimate of drug-likeness (QED) is 0.410. The molecule has 1 aromatic rings. The molecule has 0 unspecified atom stereocenters. The predicted octanol–water partition coefficient (Wildman–Crippen LogP) is 4.48. The summed E-state index contributed by atoms with van der Waals surface area (Å²) in [7, 11) is 0. The van der Waals surface area contributed by atoms with Crippen LogP contribution >= 0.6 is 81.2 Å². The predicted molar refractivity (Wildman–Crippen MR) is 95.2 cm³/mol. The number of amides is 1. The number of hydrogen-bond acceptors (Lipinski definition) is 3. The van der Waals surface area contributed by atoms with Gasteiger partial charge in [0.05, 0.1) is 6.54 Å². The lowest BCUT2D eigenvalue weighted by atomic mass is 10.1. The van der Waals surface area contributed by atoms with Crippen LogP contribution in [0.5, 0.6) is 0 Å². The second-order valence-electron chi connectivity index (χ2n) is 3.74. The average Bonchev–Trinajstić information content (AvgIpc) is 2.43. The van der Waals surface area contributed by atoms with Gasteiger partial charge in [-0.3, -0.25) is 14.4 Å². The first-order valence-corrected chi connectivity index (χ1v) is 8.20. The summed E-state index contributed by atoms with van der Waals surface area (Å²) in [5.74, 6) is -1.06. The van der Waals surface area contributed by atoms with Crippen molar-refractivity contribution in [2.75, 3.05) is 6.54 Å². The normalized spacial score (nSPS) is 11.1. The van der Waals surface area contributed by atoms with Crippen LogP contribution in [0.25, 0.3) is 0 Å². The number of hydrogen-bond donors (Lipinski definition) is 1. The van der Waals surface area contributed by atoms with E-state index in [-0.39, 0.29) is 12.3 Å². The molecule has 11 heteroatoms. The Morgan fingerprint density at radius 3 is 1.65 bits per heavy atom. The summed E-state index contributed by atoms with van der Waals surface area (Å²) < 4.78 is -4.00. The van der Waals surface area contributed by atoms with Gasteiger partial charge in [-0.2, -0.15) is 0 Å². The molecule has 0 radical (unpaired) electrons. The van der Waals surface area contributed by atoms with Crippen LogP contribution in [0.3, 0.4) is 0 Å². The lowest BCUT2D eigenvalue weighted by molar-refractivity contribution is -0.120. The first kappa shape index (κ1) is 23.1. The second kappa shape index (κ2) is 10.1. The summed E-state index contributed by atoms with van der Waals surface area (Å²) in [4.78, 5) is 32.5. The highest BCUT2D eigenvalue weighted by Gasteiger charge is 2.30. The van der Waals surface area contributed by atoms with E-state index in [0.29, 0.717) is 5.56 Å². The molecule has 4 nitrogen and oxygen atoms in total. The van der Waals surface area contributed by atoms with Gasteiger partial charge in [-0.25, -0.2) is 0 Å². The van der Waals surface area contributed by atoms with E-state index in [1.807, 2.05) is 0 Å². The van der Waals surface area contributed by atoms with E-state index in [2.05, 4.69) is 5.32 Å². The molecular formula is C12H8Cl7NO3. The molecule has 0 aromatic heterocycles. The molecule has 0 aliphatic carbocycles. The first-order chi connectivity index (χ1) is 10.4. The molecule has 1 amide bonds. The summed E-state index contributed by atoms with van der Waals surface area (Å²) in [6.45, 7) is -0.198. The molecule has 1 N–H and O–H groups in total. The van der Waals surface area contributed by atoms with Crippen LogP contribution in [-0.2, 0) is 9.59 Å². The lowest BCUT2D eigenvalue weighted by Crippen LogP contribution is -2.37. The van der Waals surface area contributed by atoms with Gasteiger partial charge < -0.3 is 5.32 Å².